The zero-order chi connectivity index (χ0) is 25.3. The topological polar surface area (TPSA) is 51.2 Å². The van der Waals surface area contributed by atoms with Gasteiger partial charge in [-0.3, -0.25) is 9.78 Å². The summed E-state index contributed by atoms with van der Waals surface area (Å²) >= 11 is 0. The van der Waals surface area contributed by atoms with Crippen LogP contribution in [0, 0.1) is 6.92 Å². The van der Waals surface area contributed by atoms with Crippen LogP contribution in [0.15, 0.2) is 42.6 Å². The van der Waals surface area contributed by atoms with Crippen LogP contribution in [0.2, 0.25) is 18.1 Å². The first-order chi connectivity index (χ1) is 15.7. The maximum absolute atomic E-state index is 13.4. The van der Waals surface area contributed by atoms with E-state index in [1.165, 1.54) is 12.1 Å². The average Bonchev–Trinajstić information content (AvgIpc) is 2.74. The van der Waals surface area contributed by atoms with Gasteiger partial charge in [-0.25, -0.2) is 0 Å². The van der Waals surface area contributed by atoms with E-state index in [0.29, 0.717) is 30.5 Å². The molecule has 0 spiro atoms. The standard InChI is InChI=1S/C26H35F3N2O2Si/c1-17-10-12-19(26(27,28)29)16-20(17)18-11-13-23(33-34(5,6)25(2,3)4)22(15-18)31-24(32)21-9-7-8-14-30-21/h7-10,12,14,16,18,22-23H,11,13,15H2,1-6H3,(H,31,32)/t18-,22-,23-/m0/s1. The molecule has 1 fully saturated rings. The fourth-order valence-corrected chi connectivity index (χ4v) is 5.66. The lowest BCUT2D eigenvalue weighted by molar-refractivity contribution is -0.137. The Morgan fingerprint density at radius 3 is 2.41 bits per heavy atom. The monoisotopic (exact) mass is 492 g/mol. The second kappa shape index (κ2) is 9.82. The van der Waals surface area contributed by atoms with Gasteiger partial charge in [0.1, 0.15) is 5.69 Å². The van der Waals surface area contributed by atoms with Crippen molar-refractivity contribution in [3.63, 3.8) is 0 Å². The second-order valence-corrected chi connectivity index (χ2v) is 15.5. The van der Waals surface area contributed by atoms with Gasteiger partial charge in [0.2, 0.25) is 0 Å². The molecular formula is C26H35F3N2O2Si. The summed E-state index contributed by atoms with van der Waals surface area (Å²) in [6.45, 7) is 12.7. The minimum atomic E-state index is -4.39. The predicted molar refractivity (Wildman–Crippen MR) is 130 cm³/mol. The molecule has 1 amide bonds. The zero-order valence-corrected chi connectivity index (χ0v) is 21.8. The third-order valence-electron chi connectivity index (χ3n) is 7.30. The van der Waals surface area contributed by atoms with Crippen molar-refractivity contribution in [2.24, 2.45) is 0 Å². The van der Waals surface area contributed by atoms with E-state index in [2.05, 4.69) is 44.2 Å². The molecule has 0 saturated heterocycles. The molecule has 4 nitrogen and oxygen atoms in total. The summed E-state index contributed by atoms with van der Waals surface area (Å²) in [7, 11) is -2.13. The first kappa shape index (κ1) is 26.4. The average molecular weight is 493 g/mol. The number of carbonyl (C=O) groups is 1. The number of nitrogens with one attached hydrogen (secondary N) is 1. The van der Waals surface area contributed by atoms with E-state index in [1.54, 1.807) is 24.4 Å². The number of amides is 1. The van der Waals surface area contributed by atoms with Gasteiger partial charge < -0.3 is 9.74 Å². The molecule has 2 aromatic rings. The molecule has 0 bridgehead atoms. The Morgan fingerprint density at radius 1 is 1.12 bits per heavy atom. The Balaban J connectivity index is 1.89. The third-order valence-corrected chi connectivity index (χ3v) is 11.8. The first-order valence-electron chi connectivity index (χ1n) is 11.8. The Morgan fingerprint density at radius 2 is 1.82 bits per heavy atom. The number of halogens is 3. The number of aryl methyl sites for hydroxylation is 1. The molecule has 1 heterocycles. The highest BCUT2D eigenvalue weighted by atomic mass is 28.4. The second-order valence-electron chi connectivity index (χ2n) is 10.8. The lowest BCUT2D eigenvalue weighted by Crippen LogP contribution is -2.53. The highest BCUT2D eigenvalue weighted by Gasteiger charge is 2.43. The third kappa shape index (κ3) is 6.08. The predicted octanol–water partition coefficient (Wildman–Crippen LogP) is 6.87. The molecule has 1 aromatic carbocycles. The quantitative estimate of drug-likeness (QED) is 0.464. The lowest BCUT2D eigenvalue weighted by Gasteiger charge is -2.44. The van der Waals surface area contributed by atoms with E-state index in [1.807, 2.05) is 6.92 Å². The van der Waals surface area contributed by atoms with Crippen molar-refractivity contribution in [1.82, 2.24) is 10.3 Å². The number of nitrogens with zero attached hydrogens (tertiary/aromatic N) is 1. The molecule has 1 aliphatic rings. The normalized spacial score (nSPS) is 21.9. The summed E-state index contributed by atoms with van der Waals surface area (Å²) in [5.74, 6) is -0.397. The van der Waals surface area contributed by atoms with Crippen LogP contribution in [0.5, 0.6) is 0 Å². The molecule has 0 unspecified atom stereocenters. The summed E-state index contributed by atoms with van der Waals surface area (Å²) in [5.41, 5.74) is 1.20. The van der Waals surface area contributed by atoms with Crippen molar-refractivity contribution in [3.8, 4) is 0 Å². The molecule has 8 heteroatoms. The number of rotatable bonds is 5. The number of pyridine rings is 1. The van der Waals surface area contributed by atoms with Crippen molar-refractivity contribution in [1.29, 1.82) is 0 Å². The van der Waals surface area contributed by atoms with Crippen LogP contribution < -0.4 is 5.32 Å². The zero-order valence-electron chi connectivity index (χ0n) is 20.8. The number of benzene rings is 1. The van der Waals surface area contributed by atoms with Crippen LogP contribution in [-0.2, 0) is 10.6 Å². The molecule has 34 heavy (non-hydrogen) atoms. The Kier molecular flexibility index (Phi) is 7.62. The van der Waals surface area contributed by atoms with Gasteiger partial charge in [0.25, 0.3) is 5.91 Å². The van der Waals surface area contributed by atoms with E-state index in [-0.39, 0.29) is 29.0 Å². The first-order valence-corrected chi connectivity index (χ1v) is 14.7. The van der Waals surface area contributed by atoms with Gasteiger partial charge in [0.05, 0.1) is 17.7 Å². The van der Waals surface area contributed by atoms with Crippen molar-refractivity contribution >= 4 is 14.2 Å². The van der Waals surface area contributed by atoms with Crippen molar-refractivity contribution in [3.05, 3.63) is 65.0 Å². The number of aromatic nitrogens is 1. The molecule has 3 atom stereocenters. The molecule has 1 N–H and O–H groups in total. The van der Waals surface area contributed by atoms with E-state index < -0.39 is 20.1 Å². The summed E-state index contributed by atoms with van der Waals surface area (Å²) in [6, 6.07) is 8.76. The van der Waals surface area contributed by atoms with Gasteiger partial charge in [0, 0.05) is 6.20 Å². The molecule has 0 radical (unpaired) electrons. The van der Waals surface area contributed by atoms with Crippen molar-refractivity contribution < 1.29 is 22.4 Å². The van der Waals surface area contributed by atoms with Crippen molar-refractivity contribution in [2.45, 2.75) is 89.3 Å². The molecule has 1 aliphatic carbocycles. The van der Waals surface area contributed by atoms with Crippen LogP contribution in [0.25, 0.3) is 0 Å². The largest absolute Gasteiger partial charge is 0.416 e. The lowest BCUT2D eigenvalue weighted by atomic mass is 9.78. The van der Waals surface area contributed by atoms with Crippen LogP contribution in [0.1, 0.15) is 73.1 Å². The van der Waals surface area contributed by atoms with Gasteiger partial charge in [-0.15, -0.1) is 0 Å². The molecule has 3 rings (SSSR count). The minimum Gasteiger partial charge on any atom is -0.412 e. The number of hydrogen-bond donors (Lipinski definition) is 1. The van der Waals surface area contributed by atoms with Crippen LogP contribution in [0.3, 0.4) is 0 Å². The van der Waals surface area contributed by atoms with Gasteiger partial charge in [0.15, 0.2) is 8.32 Å². The molecule has 0 aliphatic heterocycles. The van der Waals surface area contributed by atoms with Crippen LogP contribution in [-0.4, -0.2) is 31.4 Å². The summed E-state index contributed by atoms with van der Waals surface area (Å²) in [4.78, 5) is 17.1. The Bertz CT molecular complexity index is 1000. The Hall–Kier alpha value is -2.19. The van der Waals surface area contributed by atoms with Gasteiger partial charge >= 0.3 is 6.18 Å². The van der Waals surface area contributed by atoms with Crippen LogP contribution in [0.4, 0.5) is 13.2 Å². The number of hydrogen-bond acceptors (Lipinski definition) is 3. The molecule has 1 saturated carbocycles. The van der Waals surface area contributed by atoms with Crippen LogP contribution >= 0.6 is 0 Å². The fourth-order valence-electron chi connectivity index (χ4n) is 4.27. The smallest absolute Gasteiger partial charge is 0.412 e. The molecule has 186 valence electrons. The SMILES string of the molecule is Cc1ccc(C(F)(F)F)cc1[C@H]1CC[C@H](O[Si](C)(C)C(C)(C)C)[C@@H](NC(=O)c2ccccn2)C1. The Labute approximate surface area is 201 Å². The van der Waals surface area contributed by atoms with E-state index in [4.69, 9.17) is 4.43 Å². The van der Waals surface area contributed by atoms with E-state index in [0.717, 1.165) is 11.6 Å². The molecular weight excluding hydrogens is 457 g/mol. The van der Waals surface area contributed by atoms with E-state index in [9.17, 15) is 18.0 Å². The highest BCUT2D eigenvalue weighted by molar-refractivity contribution is 6.74. The minimum absolute atomic E-state index is 0.00296. The fraction of sp³-hybridized carbons (Fsp3) is 0.538. The summed E-state index contributed by atoms with van der Waals surface area (Å²) in [6.07, 6.45) is -1.14. The van der Waals surface area contributed by atoms with Gasteiger partial charge in [-0.2, -0.15) is 13.2 Å². The highest BCUT2D eigenvalue weighted by Crippen LogP contribution is 2.42. The number of alkyl halides is 3. The van der Waals surface area contributed by atoms with Gasteiger partial charge in [-0.1, -0.05) is 32.9 Å². The maximum Gasteiger partial charge on any atom is 0.416 e. The van der Waals surface area contributed by atoms with E-state index >= 15 is 0 Å². The summed E-state index contributed by atoms with van der Waals surface area (Å²) < 4.78 is 46.9. The van der Waals surface area contributed by atoms with Crippen molar-refractivity contribution in [2.75, 3.05) is 0 Å². The summed E-state index contributed by atoms with van der Waals surface area (Å²) in [5, 5.41) is 3.09. The molecule has 1 aromatic heterocycles. The van der Waals surface area contributed by atoms with Gasteiger partial charge in [-0.05, 0) is 85.6 Å². The maximum atomic E-state index is 13.4. The number of carbonyl (C=O) groups excluding carboxylic acids is 1.